The molecule has 1 aliphatic carbocycles. The van der Waals surface area contributed by atoms with Gasteiger partial charge in [0.2, 0.25) is 0 Å². The molecule has 154 valence electrons. The molecule has 5 nitrogen and oxygen atoms in total. The zero-order chi connectivity index (χ0) is 21.0. The second kappa shape index (κ2) is 9.26. The second-order valence-corrected chi connectivity index (χ2v) is 7.50. The molecule has 0 aromatic heterocycles. The van der Waals surface area contributed by atoms with Crippen LogP contribution in [0.4, 0.5) is 0 Å². The summed E-state index contributed by atoms with van der Waals surface area (Å²) in [5.41, 5.74) is 6.54. The highest BCUT2D eigenvalue weighted by molar-refractivity contribution is 6.23. The van der Waals surface area contributed by atoms with Gasteiger partial charge in [0.05, 0.1) is 18.4 Å². The molecule has 0 radical (unpaired) electrons. The van der Waals surface area contributed by atoms with Crippen LogP contribution in [0.3, 0.4) is 0 Å². The number of aliphatic hydroxyl groups excluding tert-OH is 1. The minimum Gasteiger partial charge on any atom is -0.511 e. The number of carbonyl (C=O) groups excluding carboxylic acids is 1. The maximum atomic E-state index is 13.0. The van der Waals surface area contributed by atoms with Gasteiger partial charge in [-0.25, -0.2) is 0 Å². The molecular weight excluding hydrogens is 354 g/mol. The maximum absolute atomic E-state index is 13.0. The lowest BCUT2D eigenvalue weighted by Crippen LogP contribution is -2.25. The normalized spacial score (nSPS) is 17.9. The summed E-state index contributed by atoms with van der Waals surface area (Å²) in [6.07, 6.45) is 2.14. The molecule has 0 saturated carbocycles. The zero-order valence-corrected chi connectivity index (χ0v) is 18.2. The maximum Gasteiger partial charge on any atom is 0.168 e. The van der Waals surface area contributed by atoms with Gasteiger partial charge >= 0.3 is 0 Å². The largest absolute Gasteiger partial charge is 0.511 e. The number of allylic oxidation sites excluding steroid dienone is 2. The van der Waals surface area contributed by atoms with E-state index < -0.39 is 0 Å². The van der Waals surface area contributed by atoms with Gasteiger partial charge in [-0.15, -0.1) is 0 Å². The Morgan fingerprint density at radius 2 is 1.71 bits per heavy atom. The molecule has 28 heavy (non-hydrogen) atoms. The third-order valence-electron chi connectivity index (χ3n) is 5.81. The molecule has 0 amide bonds. The topological polar surface area (TPSA) is 68.1 Å². The van der Waals surface area contributed by atoms with Gasteiger partial charge < -0.3 is 14.7 Å². The summed E-state index contributed by atoms with van der Waals surface area (Å²) in [6, 6.07) is 0. The van der Waals surface area contributed by atoms with Gasteiger partial charge in [-0.2, -0.15) is 0 Å². The lowest BCUT2D eigenvalue weighted by Gasteiger charge is -2.29. The molecule has 1 N–H and O–H groups in total. The predicted octanol–water partition coefficient (Wildman–Crippen LogP) is 5.38. The lowest BCUT2D eigenvalue weighted by atomic mass is 9.77. The third-order valence-corrected chi connectivity index (χ3v) is 5.81. The van der Waals surface area contributed by atoms with E-state index in [1.54, 1.807) is 7.11 Å². The number of ketones is 1. The fourth-order valence-electron chi connectivity index (χ4n) is 4.08. The van der Waals surface area contributed by atoms with Crippen molar-refractivity contribution in [1.82, 2.24) is 0 Å². The monoisotopic (exact) mass is 387 g/mol. The standard InChI is InChI=1S/C23H33NO4/c1-8-10-18(24-28-9-2)22-19(25)11-17(12-20(22)26)21-15(5)13(3)14(4)16(6)23(21)27-7/h17,25H,8-12H2,1-7H3. The summed E-state index contributed by atoms with van der Waals surface area (Å²) in [5, 5.41) is 14.9. The van der Waals surface area contributed by atoms with Crippen LogP contribution < -0.4 is 4.74 Å². The molecule has 0 aliphatic heterocycles. The van der Waals surface area contributed by atoms with Gasteiger partial charge in [0.1, 0.15) is 18.1 Å². The molecule has 0 spiro atoms. The first-order valence-corrected chi connectivity index (χ1v) is 10.1. The quantitative estimate of drug-likeness (QED) is 0.504. The van der Waals surface area contributed by atoms with Crippen LogP contribution in [0.2, 0.25) is 0 Å². The van der Waals surface area contributed by atoms with Gasteiger partial charge in [-0.3, -0.25) is 4.79 Å². The van der Waals surface area contributed by atoms with E-state index in [0.29, 0.717) is 37.2 Å². The summed E-state index contributed by atoms with van der Waals surface area (Å²) >= 11 is 0. The Morgan fingerprint density at radius 3 is 2.25 bits per heavy atom. The Balaban J connectivity index is 2.52. The van der Waals surface area contributed by atoms with Crippen molar-refractivity contribution < 1.29 is 19.5 Å². The number of hydrogen-bond donors (Lipinski definition) is 1. The summed E-state index contributed by atoms with van der Waals surface area (Å²) < 4.78 is 5.73. The molecule has 2 rings (SSSR count). The van der Waals surface area contributed by atoms with Crippen molar-refractivity contribution in [2.45, 2.75) is 73.1 Å². The first kappa shape index (κ1) is 22.0. The molecule has 0 fully saturated rings. The molecule has 1 aromatic carbocycles. The number of methoxy groups -OCH3 is 1. The third kappa shape index (κ3) is 4.08. The fraction of sp³-hybridized carbons (Fsp3) is 0.565. The van der Waals surface area contributed by atoms with Crippen molar-refractivity contribution >= 4 is 11.5 Å². The van der Waals surface area contributed by atoms with E-state index >= 15 is 0 Å². The minimum atomic E-state index is -0.112. The Hall–Kier alpha value is -2.30. The number of Topliss-reactive ketones (excluding diaryl/α,β-unsaturated/α-hetero) is 1. The number of benzene rings is 1. The predicted molar refractivity (Wildman–Crippen MR) is 113 cm³/mol. The van der Waals surface area contributed by atoms with Crippen LogP contribution in [-0.2, 0) is 9.63 Å². The van der Waals surface area contributed by atoms with E-state index in [0.717, 1.165) is 28.9 Å². The highest BCUT2D eigenvalue weighted by atomic mass is 16.6. The summed E-state index contributed by atoms with van der Waals surface area (Å²) in [6.45, 7) is 12.6. The Labute approximate surface area is 168 Å². The van der Waals surface area contributed by atoms with Crippen LogP contribution in [-0.4, -0.2) is 30.3 Å². The van der Waals surface area contributed by atoms with Crippen molar-refractivity contribution in [3.8, 4) is 5.75 Å². The highest BCUT2D eigenvalue weighted by Crippen LogP contribution is 2.43. The van der Waals surface area contributed by atoms with E-state index in [4.69, 9.17) is 9.57 Å². The van der Waals surface area contributed by atoms with Crippen LogP contribution in [0.1, 0.15) is 73.3 Å². The summed E-state index contributed by atoms with van der Waals surface area (Å²) in [7, 11) is 1.67. The number of hydrogen-bond acceptors (Lipinski definition) is 5. The van der Waals surface area contributed by atoms with E-state index in [2.05, 4.69) is 25.9 Å². The van der Waals surface area contributed by atoms with Crippen molar-refractivity contribution in [1.29, 1.82) is 0 Å². The van der Waals surface area contributed by atoms with E-state index in [1.165, 1.54) is 11.1 Å². The lowest BCUT2D eigenvalue weighted by molar-refractivity contribution is -0.116. The number of carbonyl (C=O) groups is 1. The molecule has 1 aliphatic rings. The second-order valence-electron chi connectivity index (χ2n) is 7.50. The van der Waals surface area contributed by atoms with Crippen molar-refractivity contribution in [3.05, 3.63) is 39.1 Å². The minimum absolute atomic E-state index is 0.0852. The van der Waals surface area contributed by atoms with Crippen LogP contribution in [0.5, 0.6) is 5.75 Å². The van der Waals surface area contributed by atoms with Crippen LogP contribution in [0.15, 0.2) is 16.5 Å². The number of aliphatic hydroxyl groups is 1. The number of ether oxygens (including phenoxy) is 1. The number of oxime groups is 1. The average molecular weight is 388 g/mol. The average Bonchev–Trinajstić information content (AvgIpc) is 2.66. The van der Waals surface area contributed by atoms with Crippen LogP contribution >= 0.6 is 0 Å². The van der Waals surface area contributed by atoms with Gasteiger partial charge in [0.25, 0.3) is 0 Å². The molecular formula is C23H33NO4. The fourth-order valence-corrected chi connectivity index (χ4v) is 4.08. The van der Waals surface area contributed by atoms with Crippen LogP contribution in [0.25, 0.3) is 0 Å². The first-order chi connectivity index (χ1) is 13.3. The highest BCUT2D eigenvalue weighted by Gasteiger charge is 2.34. The summed E-state index contributed by atoms with van der Waals surface area (Å²) in [5.74, 6) is 0.731. The van der Waals surface area contributed by atoms with Gasteiger partial charge in [-0.05, 0) is 63.3 Å². The Morgan fingerprint density at radius 1 is 1.07 bits per heavy atom. The molecule has 1 aromatic rings. The molecule has 0 heterocycles. The van der Waals surface area contributed by atoms with Crippen molar-refractivity contribution in [3.63, 3.8) is 0 Å². The zero-order valence-electron chi connectivity index (χ0n) is 18.2. The molecule has 5 heteroatoms. The Bertz CT molecular complexity index is 821. The smallest absolute Gasteiger partial charge is 0.168 e. The van der Waals surface area contributed by atoms with Crippen molar-refractivity contribution in [2.75, 3.05) is 13.7 Å². The number of rotatable bonds is 7. The molecule has 0 saturated heterocycles. The van der Waals surface area contributed by atoms with Crippen molar-refractivity contribution in [2.24, 2.45) is 5.16 Å². The first-order valence-electron chi connectivity index (χ1n) is 10.1. The van der Waals surface area contributed by atoms with Gasteiger partial charge in [0, 0.05) is 24.3 Å². The molecule has 1 atom stereocenters. The molecule has 1 unspecified atom stereocenters. The van der Waals surface area contributed by atoms with Crippen LogP contribution in [0, 0.1) is 27.7 Å². The summed E-state index contributed by atoms with van der Waals surface area (Å²) in [4.78, 5) is 18.2. The van der Waals surface area contributed by atoms with E-state index in [9.17, 15) is 9.90 Å². The van der Waals surface area contributed by atoms with Gasteiger partial charge in [-0.1, -0.05) is 18.5 Å². The van der Waals surface area contributed by atoms with E-state index in [1.807, 2.05) is 20.8 Å². The molecule has 0 bridgehead atoms. The van der Waals surface area contributed by atoms with Gasteiger partial charge in [0.15, 0.2) is 5.78 Å². The SMILES string of the molecule is CCCC(=NOCC)C1=C(O)CC(c2c(C)c(C)c(C)c(C)c2OC)CC1=O. The van der Waals surface area contributed by atoms with E-state index in [-0.39, 0.29) is 17.5 Å². The Kier molecular flexibility index (Phi) is 7.28. The number of nitrogens with zero attached hydrogens (tertiary/aromatic N) is 1.